The van der Waals surface area contributed by atoms with Gasteiger partial charge in [-0.25, -0.2) is 8.42 Å². The minimum atomic E-state index is -4.05. The number of carbonyl (C=O) groups excluding carboxylic acids is 2. The van der Waals surface area contributed by atoms with E-state index < -0.39 is 33.9 Å². The molecule has 0 saturated carbocycles. The summed E-state index contributed by atoms with van der Waals surface area (Å²) in [5, 5.41) is 4.34. The van der Waals surface area contributed by atoms with Gasteiger partial charge >= 0.3 is 0 Å². The Balaban J connectivity index is 1.47. The molecule has 12 heteroatoms. The molecule has 196 valence electrons. The molecule has 8 N–H and O–H groups in total. The molecule has 2 heterocycles. The quantitative estimate of drug-likeness (QED) is 0.0985. The largest absolute Gasteiger partial charge is 0.493 e. The molecule has 0 bridgehead atoms. The van der Waals surface area contributed by atoms with Crippen LogP contribution in [0.2, 0.25) is 0 Å². The van der Waals surface area contributed by atoms with E-state index in [0.29, 0.717) is 19.6 Å². The fraction of sp³-hybridized carbons (Fsp3) is 0.280. The number of carbonyl (C=O) groups is 2. The third-order valence-corrected chi connectivity index (χ3v) is 8.19. The molecule has 1 atom stereocenters. The predicted octanol–water partition coefficient (Wildman–Crippen LogP) is 1.80. The van der Waals surface area contributed by atoms with Crippen LogP contribution < -0.4 is 32.0 Å². The summed E-state index contributed by atoms with van der Waals surface area (Å²) in [6.07, 6.45) is 0.860. The van der Waals surface area contributed by atoms with Gasteiger partial charge in [0.25, 0.3) is 10.0 Å². The minimum absolute atomic E-state index is 0.0130. The van der Waals surface area contributed by atoms with Crippen molar-refractivity contribution in [3.63, 3.8) is 0 Å². The van der Waals surface area contributed by atoms with Crippen molar-refractivity contribution in [2.24, 2.45) is 17.2 Å². The SMILES string of the molecule is NC(N)NCCC[C@H](N)C(=O)C(=O)c1sccc1NS(=O)(=O)c1cccc(-c2ccc3c(c2)CCO3)c1. The molecule has 1 aliphatic rings. The summed E-state index contributed by atoms with van der Waals surface area (Å²) < 4.78 is 34.4. The maximum atomic E-state index is 13.2. The normalized spacial score (nSPS) is 13.7. The lowest BCUT2D eigenvalue weighted by Gasteiger charge is -2.13. The molecule has 0 aliphatic carbocycles. The van der Waals surface area contributed by atoms with Gasteiger partial charge in [-0.3, -0.25) is 19.6 Å². The second-order valence-electron chi connectivity index (χ2n) is 8.64. The van der Waals surface area contributed by atoms with Gasteiger partial charge in [0.05, 0.1) is 23.2 Å². The Hall–Kier alpha value is -3.13. The van der Waals surface area contributed by atoms with Crippen LogP contribution in [0.3, 0.4) is 0 Å². The molecule has 0 fully saturated rings. The maximum Gasteiger partial charge on any atom is 0.261 e. The minimum Gasteiger partial charge on any atom is -0.493 e. The summed E-state index contributed by atoms with van der Waals surface area (Å²) in [5.41, 5.74) is 19.4. The van der Waals surface area contributed by atoms with Gasteiger partial charge in [-0.1, -0.05) is 18.2 Å². The summed E-state index contributed by atoms with van der Waals surface area (Å²) in [6.45, 7) is 1.07. The summed E-state index contributed by atoms with van der Waals surface area (Å²) in [5.74, 6) is -0.783. The number of rotatable bonds is 12. The van der Waals surface area contributed by atoms with Crippen molar-refractivity contribution < 1.29 is 22.7 Å². The van der Waals surface area contributed by atoms with E-state index in [4.69, 9.17) is 21.9 Å². The third-order valence-electron chi connectivity index (χ3n) is 5.92. The van der Waals surface area contributed by atoms with E-state index in [1.54, 1.807) is 17.5 Å². The standard InChI is InChI=1S/C25H29N5O5S2/c26-19(5-2-10-29-25(27)28)22(31)23(32)24-20(9-12-36-24)30-37(33,34)18-4-1-3-15(14-18)16-6-7-21-17(13-16)8-11-35-21/h1,3-4,6-7,9,12-14,19,25,29-30H,2,5,8,10-11,26-28H2/t19-/m0/s1. The number of hydrogen-bond donors (Lipinski definition) is 5. The number of anilines is 1. The van der Waals surface area contributed by atoms with Crippen LogP contribution in [0.4, 0.5) is 5.69 Å². The Labute approximate surface area is 219 Å². The van der Waals surface area contributed by atoms with Crippen LogP contribution in [0.25, 0.3) is 11.1 Å². The van der Waals surface area contributed by atoms with Gasteiger partial charge in [0.2, 0.25) is 11.6 Å². The fourth-order valence-corrected chi connectivity index (χ4v) is 5.96. The number of ether oxygens (including phenoxy) is 1. The summed E-state index contributed by atoms with van der Waals surface area (Å²) in [6, 6.07) is 12.7. The molecule has 1 aliphatic heterocycles. The van der Waals surface area contributed by atoms with Gasteiger partial charge in [0.1, 0.15) is 16.9 Å². The predicted molar refractivity (Wildman–Crippen MR) is 143 cm³/mol. The van der Waals surface area contributed by atoms with Crippen molar-refractivity contribution in [1.29, 1.82) is 0 Å². The zero-order valence-corrected chi connectivity index (χ0v) is 21.6. The van der Waals surface area contributed by atoms with Crippen LogP contribution in [-0.4, -0.2) is 45.5 Å². The zero-order chi connectivity index (χ0) is 26.6. The molecule has 0 amide bonds. The van der Waals surface area contributed by atoms with E-state index in [9.17, 15) is 18.0 Å². The smallest absolute Gasteiger partial charge is 0.261 e. The van der Waals surface area contributed by atoms with Crippen molar-refractivity contribution in [1.82, 2.24) is 5.32 Å². The van der Waals surface area contributed by atoms with Crippen molar-refractivity contribution in [2.75, 3.05) is 17.9 Å². The highest BCUT2D eigenvalue weighted by Crippen LogP contribution is 2.32. The second kappa shape index (κ2) is 11.5. The lowest BCUT2D eigenvalue weighted by Crippen LogP contribution is -2.46. The number of Topliss-reactive ketones (excluding diaryl/α,β-unsaturated/α-hetero) is 2. The molecule has 0 unspecified atom stereocenters. The summed E-state index contributed by atoms with van der Waals surface area (Å²) >= 11 is 0.973. The van der Waals surface area contributed by atoms with Crippen molar-refractivity contribution in [2.45, 2.75) is 36.5 Å². The Morgan fingerprint density at radius 2 is 1.84 bits per heavy atom. The molecule has 4 rings (SSSR count). The van der Waals surface area contributed by atoms with E-state index in [1.807, 2.05) is 24.3 Å². The maximum absolute atomic E-state index is 13.2. The lowest BCUT2D eigenvalue weighted by atomic mass is 10.0. The summed E-state index contributed by atoms with van der Waals surface area (Å²) in [4.78, 5) is 25.5. The third kappa shape index (κ3) is 6.42. The van der Waals surface area contributed by atoms with Gasteiger partial charge in [-0.15, -0.1) is 11.3 Å². The highest BCUT2D eigenvalue weighted by molar-refractivity contribution is 7.92. The van der Waals surface area contributed by atoms with Crippen LogP contribution in [0, 0.1) is 0 Å². The number of thiophene rings is 1. The fourth-order valence-electron chi connectivity index (χ4n) is 3.98. The Morgan fingerprint density at radius 1 is 1.05 bits per heavy atom. The van der Waals surface area contributed by atoms with Crippen LogP contribution in [0.5, 0.6) is 5.75 Å². The Morgan fingerprint density at radius 3 is 2.62 bits per heavy atom. The van der Waals surface area contributed by atoms with Gasteiger partial charge in [0, 0.05) is 6.42 Å². The average Bonchev–Trinajstić information content (AvgIpc) is 3.54. The zero-order valence-electron chi connectivity index (χ0n) is 20.0. The number of hydrogen-bond acceptors (Lipinski definition) is 10. The first-order chi connectivity index (χ1) is 17.7. The first-order valence-corrected chi connectivity index (χ1v) is 14.1. The molecular formula is C25H29N5O5S2. The highest BCUT2D eigenvalue weighted by atomic mass is 32.2. The topological polar surface area (TPSA) is 180 Å². The van der Waals surface area contributed by atoms with E-state index in [0.717, 1.165) is 40.2 Å². The monoisotopic (exact) mass is 543 g/mol. The van der Waals surface area contributed by atoms with Crippen molar-refractivity contribution in [3.8, 4) is 16.9 Å². The molecule has 3 aromatic rings. The number of benzene rings is 2. The van der Waals surface area contributed by atoms with Crippen LogP contribution in [0.1, 0.15) is 28.1 Å². The van der Waals surface area contributed by atoms with Crippen LogP contribution in [-0.2, 0) is 21.2 Å². The number of ketones is 2. The van der Waals surface area contributed by atoms with E-state index in [1.165, 1.54) is 12.1 Å². The Bertz CT molecular complexity index is 1400. The number of nitrogens with two attached hydrogens (primary N) is 3. The summed E-state index contributed by atoms with van der Waals surface area (Å²) in [7, 11) is -4.05. The van der Waals surface area contributed by atoms with E-state index >= 15 is 0 Å². The second-order valence-corrected chi connectivity index (χ2v) is 11.2. The van der Waals surface area contributed by atoms with Crippen LogP contribution in [0.15, 0.2) is 58.8 Å². The van der Waals surface area contributed by atoms with Crippen molar-refractivity contribution >= 4 is 38.6 Å². The van der Waals surface area contributed by atoms with Gasteiger partial charge < -0.3 is 21.9 Å². The van der Waals surface area contributed by atoms with Crippen molar-refractivity contribution in [3.05, 3.63) is 64.4 Å². The first kappa shape index (κ1) is 26.9. The van der Waals surface area contributed by atoms with Crippen LogP contribution >= 0.6 is 11.3 Å². The van der Waals surface area contributed by atoms with Gasteiger partial charge in [-0.05, 0) is 71.8 Å². The number of sulfonamides is 1. The van der Waals surface area contributed by atoms with Gasteiger partial charge in [-0.2, -0.15) is 0 Å². The van der Waals surface area contributed by atoms with Gasteiger partial charge in [0.15, 0.2) is 0 Å². The molecule has 0 radical (unpaired) electrons. The Kier molecular flexibility index (Phi) is 8.37. The van der Waals surface area contributed by atoms with E-state index in [2.05, 4.69) is 10.0 Å². The molecule has 0 saturated heterocycles. The first-order valence-electron chi connectivity index (χ1n) is 11.7. The molecule has 0 spiro atoms. The molecule has 1 aromatic heterocycles. The molecule has 37 heavy (non-hydrogen) atoms. The molecular weight excluding hydrogens is 514 g/mol. The highest BCUT2D eigenvalue weighted by Gasteiger charge is 2.28. The number of fused-ring (bicyclic) bond motifs is 1. The average molecular weight is 544 g/mol. The lowest BCUT2D eigenvalue weighted by molar-refractivity contribution is -0.116. The molecule has 2 aromatic carbocycles. The number of nitrogens with one attached hydrogen (secondary N) is 2. The van der Waals surface area contributed by atoms with E-state index in [-0.39, 0.29) is 21.9 Å². The molecule has 10 nitrogen and oxygen atoms in total.